The molecule has 0 unspecified atom stereocenters. The van der Waals surface area contributed by atoms with Crippen LogP contribution in [-0.2, 0) is 0 Å². The van der Waals surface area contributed by atoms with Gasteiger partial charge in [-0.25, -0.2) is 0 Å². The van der Waals surface area contributed by atoms with E-state index in [2.05, 4.69) is 57.2 Å². The van der Waals surface area contributed by atoms with Crippen molar-refractivity contribution in [1.29, 1.82) is 0 Å². The van der Waals surface area contributed by atoms with Crippen molar-refractivity contribution in [2.75, 3.05) is 6.54 Å². The summed E-state index contributed by atoms with van der Waals surface area (Å²) in [6.07, 6.45) is 23.1. The number of hydrogen-bond donors (Lipinski definition) is 2. The molecule has 6 heteroatoms. The van der Waals surface area contributed by atoms with Crippen molar-refractivity contribution in [3.63, 3.8) is 0 Å². The van der Waals surface area contributed by atoms with E-state index in [4.69, 9.17) is 21.1 Å². The second-order valence-electron chi connectivity index (χ2n) is 11.1. The summed E-state index contributed by atoms with van der Waals surface area (Å²) in [6, 6.07) is 9.23. The van der Waals surface area contributed by atoms with Crippen molar-refractivity contribution in [3.05, 3.63) is 136 Å². The molecule has 3 rings (SSSR count). The summed E-state index contributed by atoms with van der Waals surface area (Å²) in [5.41, 5.74) is 11.8. The molecule has 2 aliphatic rings. The van der Waals surface area contributed by atoms with Crippen molar-refractivity contribution in [2.45, 2.75) is 67.7 Å². The Labute approximate surface area is 262 Å². The molecule has 1 heterocycles. The van der Waals surface area contributed by atoms with Crippen LogP contribution in [0.5, 0.6) is 0 Å². The summed E-state index contributed by atoms with van der Waals surface area (Å²) < 4.78 is 14.4. The molecule has 1 aliphatic heterocycles. The van der Waals surface area contributed by atoms with Gasteiger partial charge in [0.15, 0.2) is 0 Å². The number of halogens is 1. The third-order valence-corrected chi connectivity index (χ3v) is 6.77. The minimum atomic E-state index is -0.218. The molecule has 0 aromatic heterocycles. The van der Waals surface area contributed by atoms with Crippen molar-refractivity contribution in [2.24, 2.45) is 11.7 Å². The van der Waals surface area contributed by atoms with Crippen molar-refractivity contribution < 1.29 is 9.59 Å². The first-order valence-corrected chi connectivity index (χ1v) is 14.8. The van der Waals surface area contributed by atoms with Gasteiger partial charge in [-0.3, -0.25) is 0 Å². The molecule has 0 bridgehead atoms. The number of benzene rings is 1. The number of allylic oxidation sites excluding steroid dienone is 15. The summed E-state index contributed by atoms with van der Waals surface area (Å²) in [4.78, 5) is 0. The zero-order chi connectivity index (χ0) is 32.4. The average Bonchev–Trinajstić information content (AvgIpc) is 3.00. The number of nitrogens with two attached hydrogens (primary N) is 1. The van der Waals surface area contributed by atoms with Crippen molar-refractivity contribution in [3.8, 4) is 0 Å². The van der Waals surface area contributed by atoms with Crippen LogP contribution < -0.4 is 5.73 Å². The van der Waals surface area contributed by atoms with Crippen LogP contribution in [-0.4, -0.2) is 37.6 Å². The van der Waals surface area contributed by atoms with Gasteiger partial charge in [0.1, 0.15) is 0 Å². The van der Waals surface area contributed by atoms with E-state index in [0.717, 1.165) is 29.0 Å². The quantitative estimate of drug-likeness (QED) is 0.107. The number of nitrogens with zero attached hydrogens (tertiary/aromatic N) is 1. The predicted octanol–water partition coefficient (Wildman–Crippen LogP) is 9.08. The van der Waals surface area contributed by atoms with Gasteiger partial charge in [0, 0.05) is 0 Å². The number of hydrogen-bond acceptors (Lipinski definition) is 3. The zero-order valence-electron chi connectivity index (χ0n) is 27.1. The van der Waals surface area contributed by atoms with Gasteiger partial charge in [-0.05, 0) is 51.3 Å². The van der Waals surface area contributed by atoms with E-state index < -0.39 is 0 Å². The summed E-state index contributed by atoms with van der Waals surface area (Å²) in [7, 11) is 11.9. The molecule has 0 fully saturated rings. The molecule has 0 amide bonds. The first-order chi connectivity index (χ1) is 20.4. The van der Waals surface area contributed by atoms with Gasteiger partial charge in [-0.2, -0.15) is 0 Å². The summed E-state index contributed by atoms with van der Waals surface area (Å²) in [6.45, 7) is 14.0. The Morgan fingerprint density at radius 1 is 1.09 bits per heavy atom. The molecule has 0 atom stereocenters. The van der Waals surface area contributed by atoms with Crippen molar-refractivity contribution >= 4 is 26.5 Å². The van der Waals surface area contributed by atoms with Gasteiger partial charge in [0.25, 0.3) is 0 Å². The second kappa shape index (κ2) is 20.2. The maximum atomic E-state index is 14.4. The third kappa shape index (κ3) is 13.8. The van der Waals surface area contributed by atoms with E-state index in [1.165, 1.54) is 24.0 Å². The normalized spacial score (nSPS) is 15.5. The fraction of sp³-hybridized carbons (Fsp3) is 0.324. The van der Waals surface area contributed by atoms with Crippen LogP contribution in [0.2, 0.25) is 0 Å². The molecule has 43 heavy (non-hydrogen) atoms. The molecule has 0 saturated heterocycles. The SMILES string of the molecule is C/C(=C/C=C\N)CC1=CC=CCC1.CC=CC(C)C.[B]/C(C(C)=C(C)C)=C(\O)C(=[B])C1=CC=C(c2ccccc2)N(F)C1. The Balaban J connectivity index is 0.000000405. The Morgan fingerprint density at radius 3 is 2.26 bits per heavy atom. The number of aliphatic hydroxyl groups excluding tert-OH is 1. The molecular formula is C37H48B2FN2O. The van der Waals surface area contributed by atoms with E-state index in [1.807, 2.05) is 57.2 Å². The molecule has 3 nitrogen and oxygen atoms in total. The standard InChI is InChI=1S/C19H19B2FNO.C12H17N.C6H12/c1-12(2)13(3)17(20)19(24)18(21)15-9-10-16(23(22)11-15)14-7-5-4-6-8-14;1-11(6-5-9-13)10-12-7-3-2-4-8-12;1-4-5-6(2)3/h4-10,24H,11H2,1-3H3;2-3,5-7,9H,4,8,10,13H2,1H3;4-6H,1-3H3/b19-17-;9-5-,11-6-;. The van der Waals surface area contributed by atoms with Gasteiger partial charge in [0.05, 0.1) is 0 Å². The Morgan fingerprint density at radius 2 is 1.77 bits per heavy atom. The van der Waals surface area contributed by atoms with Crippen molar-refractivity contribution in [1.82, 2.24) is 5.12 Å². The molecule has 3 N–H and O–H groups in total. The van der Waals surface area contributed by atoms with Gasteiger partial charge >= 0.3 is 145 Å². The van der Waals surface area contributed by atoms with E-state index in [1.54, 1.807) is 25.3 Å². The zero-order valence-corrected chi connectivity index (χ0v) is 27.1. The van der Waals surface area contributed by atoms with Crippen LogP contribution in [0.15, 0.2) is 130 Å². The first-order valence-electron chi connectivity index (χ1n) is 14.8. The summed E-state index contributed by atoms with van der Waals surface area (Å²) in [5.74, 6) is 0.500. The topological polar surface area (TPSA) is 49.5 Å². The molecule has 0 saturated carbocycles. The first kappa shape index (κ1) is 37.2. The molecule has 225 valence electrons. The molecule has 1 aromatic carbocycles. The molecule has 0 spiro atoms. The van der Waals surface area contributed by atoms with E-state index in [9.17, 15) is 9.59 Å². The maximum absolute atomic E-state index is 14.4. The average molecular weight is 577 g/mol. The van der Waals surface area contributed by atoms with Crippen LogP contribution in [0.3, 0.4) is 0 Å². The molecule has 1 aliphatic carbocycles. The van der Waals surface area contributed by atoms with Crippen LogP contribution >= 0.6 is 0 Å². The van der Waals surface area contributed by atoms with Gasteiger partial charge in [-0.1, -0.05) is 61.4 Å². The molecular weight excluding hydrogens is 529 g/mol. The number of rotatable bonds is 8. The minimum absolute atomic E-state index is 0.0578. The Hall–Kier alpha value is -3.79. The van der Waals surface area contributed by atoms with Crippen LogP contribution in [0, 0.1) is 5.92 Å². The van der Waals surface area contributed by atoms with Crippen LogP contribution in [0.1, 0.15) is 73.3 Å². The van der Waals surface area contributed by atoms with Gasteiger partial charge in [0.2, 0.25) is 0 Å². The summed E-state index contributed by atoms with van der Waals surface area (Å²) in [5, 5.41) is 10.9. The Kier molecular flexibility index (Phi) is 17.5. The van der Waals surface area contributed by atoms with E-state index in [0.29, 0.717) is 16.4 Å². The second-order valence-corrected chi connectivity index (χ2v) is 11.1. The molecule has 3 radical (unpaired) electrons. The predicted molar refractivity (Wildman–Crippen MR) is 188 cm³/mol. The van der Waals surface area contributed by atoms with Gasteiger partial charge < -0.3 is 5.73 Å². The van der Waals surface area contributed by atoms with Crippen LogP contribution in [0.25, 0.3) is 5.70 Å². The third-order valence-electron chi connectivity index (χ3n) is 6.77. The summed E-state index contributed by atoms with van der Waals surface area (Å²) >= 11 is 0. The fourth-order valence-electron chi connectivity index (χ4n) is 4.13. The molecule has 1 aromatic rings. The van der Waals surface area contributed by atoms with Crippen LogP contribution in [0.4, 0.5) is 4.48 Å². The monoisotopic (exact) mass is 577 g/mol. The van der Waals surface area contributed by atoms with Gasteiger partial charge in [-0.15, -0.1) is 0 Å². The van der Waals surface area contributed by atoms with E-state index in [-0.39, 0.29) is 23.2 Å². The van der Waals surface area contributed by atoms with E-state index >= 15 is 0 Å². The fourth-order valence-corrected chi connectivity index (χ4v) is 4.13. The Bertz CT molecular complexity index is 1340. The number of aliphatic hydroxyl groups is 1.